The number of nitrogens with zero attached hydrogens (tertiary/aromatic N) is 4. The Balaban J connectivity index is 1.65. The van der Waals surface area contributed by atoms with Crippen LogP contribution in [-0.2, 0) is 17.2 Å². The molecule has 4 aromatic rings. The van der Waals surface area contributed by atoms with Crippen LogP contribution in [0.1, 0.15) is 25.1 Å². The molecule has 0 saturated carbocycles. The van der Waals surface area contributed by atoms with Crippen molar-refractivity contribution in [2.45, 2.75) is 26.2 Å². The van der Waals surface area contributed by atoms with Crippen LogP contribution in [0.4, 0.5) is 17.2 Å². The molecule has 3 aromatic carbocycles. The Morgan fingerprint density at radius 3 is 2.35 bits per heavy atom. The Bertz CT molecular complexity index is 1650. The van der Waals surface area contributed by atoms with E-state index in [1.807, 2.05) is 66.4 Å². The number of likely N-dealkylation sites (N-methyl/N-ethyl adjacent to an activating group) is 1. The van der Waals surface area contributed by atoms with Crippen LogP contribution in [0.2, 0.25) is 0 Å². The average molecular weight is 589 g/mol. The summed E-state index contributed by atoms with van der Waals surface area (Å²) in [5.41, 5.74) is 6.26. The van der Waals surface area contributed by atoms with Gasteiger partial charge in [0.15, 0.2) is 5.82 Å². The first-order valence-electron chi connectivity index (χ1n) is 12.1. The van der Waals surface area contributed by atoms with Gasteiger partial charge in [0.1, 0.15) is 0 Å². The molecule has 6 rings (SSSR count). The van der Waals surface area contributed by atoms with E-state index in [9.17, 15) is 0 Å². The molecule has 0 spiro atoms. The fourth-order valence-electron chi connectivity index (χ4n) is 5.57. The molecule has 1 unspecified atom stereocenters. The van der Waals surface area contributed by atoms with Crippen molar-refractivity contribution in [1.82, 2.24) is 9.78 Å². The third kappa shape index (κ3) is 3.67. The minimum Gasteiger partial charge on any atom is -0.350 e. The van der Waals surface area contributed by atoms with E-state index in [0.717, 1.165) is 38.0 Å². The number of allylic oxidation sites excluding steroid dienone is 2. The molecule has 5 nitrogen and oxygen atoms in total. The number of hydrogen-bond acceptors (Lipinski definition) is 4. The summed E-state index contributed by atoms with van der Waals surface area (Å²) in [6.07, 6.45) is -0.643. The third-order valence-corrected chi connectivity index (χ3v) is 12.0. The fraction of sp³-hybridized carbons (Fsp3) is 0.172. The molecule has 0 amide bonds. The van der Waals surface area contributed by atoms with Gasteiger partial charge in [0.05, 0.1) is 28.6 Å². The minimum atomic E-state index is -2.64. The van der Waals surface area contributed by atoms with Crippen molar-refractivity contribution >= 4 is 62.6 Å². The number of aromatic nitrogens is 2. The highest BCUT2D eigenvalue weighted by Crippen LogP contribution is 2.62. The van der Waals surface area contributed by atoms with Crippen LogP contribution in [0, 0.1) is 6.92 Å². The van der Waals surface area contributed by atoms with Gasteiger partial charge in [-0.2, -0.15) is 5.10 Å². The summed E-state index contributed by atoms with van der Waals surface area (Å²) in [5, 5.41) is 10.9. The van der Waals surface area contributed by atoms with Gasteiger partial charge in [-0.1, -0.05) is 74.2 Å². The van der Waals surface area contributed by atoms with Crippen molar-refractivity contribution < 1.29 is 0 Å². The number of fused-ring (bicyclic) bond motifs is 2. The molecule has 3 heterocycles. The molecule has 0 saturated heterocycles. The fourth-order valence-corrected chi connectivity index (χ4v) is 10.3. The van der Waals surface area contributed by atoms with E-state index in [-0.39, 0.29) is 5.41 Å². The van der Waals surface area contributed by atoms with Crippen LogP contribution in [0.3, 0.4) is 0 Å². The number of nitrogens with one attached hydrogen (secondary N) is 1. The molecule has 2 aliphatic heterocycles. The number of aryl methyl sites for hydroxylation is 1. The second-order valence-electron chi connectivity index (χ2n) is 9.90. The minimum absolute atomic E-state index is 0.243. The summed E-state index contributed by atoms with van der Waals surface area (Å²) in [7, 11) is 2.14. The first kappa shape index (κ1) is 24.4. The van der Waals surface area contributed by atoms with Crippen LogP contribution < -0.4 is 15.3 Å². The lowest BCUT2D eigenvalue weighted by Crippen LogP contribution is -2.29. The molecule has 0 aliphatic carbocycles. The van der Waals surface area contributed by atoms with Crippen molar-refractivity contribution in [2.24, 2.45) is 4.99 Å². The van der Waals surface area contributed by atoms with Gasteiger partial charge in [-0.3, -0.25) is 0 Å². The molecular weight excluding hydrogens is 561 g/mol. The Morgan fingerprint density at radius 1 is 0.946 bits per heavy atom. The maximum Gasteiger partial charge on any atom is 0.166 e. The maximum atomic E-state index is 6.78. The van der Waals surface area contributed by atoms with Crippen LogP contribution in [0.5, 0.6) is 0 Å². The molecule has 1 N–H and O–H groups in total. The van der Waals surface area contributed by atoms with Gasteiger partial charge in [0, 0.05) is 39.8 Å². The number of anilines is 2. The predicted octanol–water partition coefficient (Wildman–Crippen LogP) is 7.43. The van der Waals surface area contributed by atoms with E-state index in [0.29, 0.717) is 0 Å². The Kier molecular flexibility index (Phi) is 5.79. The average Bonchev–Trinajstić information content (AvgIpc) is 3.34. The quantitative estimate of drug-likeness (QED) is 0.253. The first-order valence-corrected chi connectivity index (χ1v) is 15.7. The monoisotopic (exact) mass is 587 g/mol. The standard InChI is InChI=1S/C29H27BrN5PS/c1-19-26-28(35(32-19)20-12-6-5-7-13-20)31-18-25(36(26,37)33-23-16-10-9-15-22(23)30)27-29(2,3)21-14-8-11-17-24(21)34(27)4/h5-18H,1-4H3,(H,33,37)/b27-25-. The number of hydrogen-bond donors (Lipinski definition) is 1. The summed E-state index contributed by atoms with van der Waals surface area (Å²) in [6, 6.07) is 26.9. The lowest BCUT2D eigenvalue weighted by Gasteiger charge is -2.35. The third-order valence-electron chi connectivity index (χ3n) is 7.23. The van der Waals surface area contributed by atoms with E-state index >= 15 is 0 Å². The predicted molar refractivity (Wildman–Crippen MR) is 163 cm³/mol. The Labute approximate surface area is 231 Å². The SMILES string of the molecule is Cc1nn(-c2ccccc2)c2c1P(=S)(Nc1ccccc1Br)/C(=C1\N(C)c3ccccc3C1(C)C)C=N2. The summed E-state index contributed by atoms with van der Waals surface area (Å²) in [5.74, 6) is 0.798. The second-order valence-corrected chi connectivity index (χ2v) is 14.8. The molecular formula is C29H27BrN5PS. The van der Waals surface area contributed by atoms with Crippen molar-refractivity contribution in [1.29, 1.82) is 0 Å². The van der Waals surface area contributed by atoms with E-state index in [1.165, 1.54) is 16.9 Å². The molecule has 0 fully saturated rings. The highest BCUT2D eigenvalue weighted by molar-refractivity contribution is 9.10. The van der Waals surface area contributed by atoms with Gasteiger partial charge >= 0.3 is 0 Å². The second kappa shape index (κ2) is 8.80. The summed E-state index contributed by atoms with van der Waals surface area (Å²) < 4.78 is 2.90. The normalized spacial score (nSPS) is 21.6. The molecule has 1 aromatic heterocycles. The molecule has 37 heavy (non-hydrogen) atoms. The van der Waals surface area contributed by atoms with Crippen LogP contribution in [0.15, 0.2) is 99.3 Å². The summed E-state index contributed by atoms with van der Waals surface area (Å²) in [6.45, 7) is 6.60. The van der Waals surface area contributed by atoms with E-state index < -0.39 is 6.19 Å². The first-order chi connectivity index (χ1) is 17.7. The van der Waals surface area contributed by atoms with Gasteiger partial charge in [-0.15, -0.1) is 0 Å². The molecule has 2 aliphatic rings. The zero-order valence-corrected chi connectivity index (χ0v) is 24.4. The zero-order chi connectivity index (χ0) is 25.9. The number of para-hydroxylation sites is 3. The molecule has 0 radical (unpaired) electrons. The number of halogens is 1. The number of rotatable bonds is 3. The largest absolute Gasteiger partial charge is 0.350 e. The number of benzene rings is 3. The molecule has 1 atom stereocenters. The summed E-state index contributed by atoms with van der Waals surface area (Å²) in [4.78, 5) is 7.33. The Morgan fingerprint density at radius 2 is 1.62 bits per heavy atom. The Hall–Kier alpha value is -2.99. The van der Waals surface area contributed by atoms with E-state index in [2.05, 4.69) is 77.1 Å². The van der Waals surface area contributed by atoms with Crippen molar-refractivity contribution in [2.75, 3.05) is 17.0 Å². The van der Waals surface area contributed by atoms with Crippen LogP contribution in [0.25, 0.3) is 5.69 Å². The van der Waals surface area contributed by atoms with Crippen molar-refractivity contribution in [3.8, 4) is 5.69 Å². The highest BCUT2D eigenvalue weighted by atomic mass is 79.9. The highest BCUT2D eigenvalue weighted by Gasteiger charge is 2.45. The molecule has 0 bridgehead atoms. The lowest BCUT2D eigenvalue weighted by molar-refractivity contribution is 0.639. The van der Waals surface area contributed by atoms with Crippen molar-refractivity contribution in [3.63, 3.8) is 0 Å². The van der Waals surface area contributed by atoms with E-state index in [4.69, 9.17) is 21.9 Å². The maximum absolute atomic E-state index is 6.78. The topological polar surface area (TPSA) is 45.5 Å². The molecule has 186 valence electrons. The van der Waals surface area contributed by atoms with Gasteiger partial charge in [0.25, 0.3) is 0 Å². The molecule has 8 heteroatoms. The lowest BCUT2D eigenvalue weighted by atomic mass is 9.84. The van der Waals surface area contributed by atoms with Gasteiger partial charge < -0.3 is 9.99 Å². The summed E-state index contributed by atoms with van der Waals surface area (Å²) >= 11 is 10.5. The zero-order valence-electron chi connectivity index (χ0n) is 21.1. The van der Waals surface area contributed by atoms with Gasteiger partial charge in [-0.25, -0.2) is 9.67 Å². The van der Waals surface area contributed by atoms with Crippen LogP contribution in [-0.4, -0.2) is 23.0 Å². The van der Waals surface area contributed by atoms with Gasteiger partial charge in [-0.05, 0) is 58.7 Å². The number of aliphatic imine (C=N–C) groups is 1. The van der Waals surface area contributed by atoms with Crippen LogP contribution >= 0.6 is 22.1 Å². The van der Waals surface area contributed by atoms with E-state index in [1.54, 1.807) is 0 Å². The van der Waals surface area contributed by atoms with Gasteiger partial charge in [0.2, 0.25) is 0 Å². The van der Waals surface area contributed by atoms with Crippen molar-refractivity contribution in [3.05, 3.63) is 106 Å². The smallest absolute Gasteiger partial charge is 0.166 e.